The largest absolute Gasteiger partial charge is 0.389 e. The van der Waals surface area contributed by atoms with Crippen molar-refractivity contribution in [3.63, 3.8) is 0 Å². The predicted molar refractivity (Wildman–Crippen MR) is 43.2 cm³/mol. The molecule has 0 spiro atoms. The molecule has 0 bridgehead atoms. The van der Waals surface area contributed by atoms with Gasteiger partial charge >= 0.3 is 0 Å². The smallest absolute Gasteiger partial charge is 0.109 e. The molecule has 0 aliphatic heterocycles. The van der Waals surface area contributed by atoms with Gasteiger partial charge in [-0.2, -0.15) is 0 Å². The molecule has 1 rings (SSSR count). The normalized spacial score (nSPS) is 8.56. The molecule has 0 aliphatic rings. The van der Waals surface area contributed by atoms with Crippen molar-refractivity contribution < 1.29 is 0 Å². The Balaban J connectivity index is 0.000000640. The molecule has 2 N–H and O–H groups in total. The number of hydrogen-bond donors (Lipinski definition) is 1. The zero-order chi connectivity index (χ0) is 5.98. The highest BCUT2D eigenvalue weighted by Crippen LogP contribution is 2.14. The number of halogens is 1. The van der Waals surface area contributed by atoms with Gasteiger partial charge in [-0.15, -0.1) is 23.7 Å². The summed E-state index contributed by atoms with van der Waals surface area (Å²) in [5.41, 5.74) is 8.30. The molecule has 2 nitrogen and oxygen atoms in total. The molecule has 52 valence electrons. The Morgan fingerprint density at radius 1 is 1.78 bits per heavy atom. The molecule has 0 saturated heterocycles. The molecule has 0 unspecified atom stereocenters. The zero-order valence-electron chi connectivity index (χ0n) is 5.13. The summed E-state index contributed by atoms with van der Waals surface area (Å²) in [7, 11) is 0. The second-order valence-electron chi connectivity index (χ2n) is 1.52. The fourth-order valence-corrected chi connectivity index (χ4v) is 1.17. The van der Waals surface area contributed by atoms with Gasteiger partial charge in [0.05, 0.1) is 11.2 Å². The highest BCUT2D eigenvalue weighted by Gasteiger charge is 1.95. The molecule has 4 heteroatoms. The zero-order valence-corrected chi connectivity index (χ0v) is 6.76. The minimum Gasteiger partial charge on any atom is -0.389 e. The molecule has 0 amide bonds. The van der Waals surface area contributed by atoms with Gasteiger partial charge in [-0.05, 0) is 6.42 Å². The van der Waals surface area contributed by atoms with Gasteiger partial charge in [0, 0.05) is 0 Å². The monoisotopic (exact) mass is 164 g/mol. The summed E-state index contributed by atoms with van der Waals surface area (Å²) in [4.78, 5) is 4.03. The number of hydrogen-bond acceptors (Lipinski definition) is 3. The molecule has 0 fully saturated rings. The maximum Gasteiger partial charge on any atom is 0.109 e. The fourth-order valence-electron chi connectivity index (χ4n) is 0.544. The van der Waals surface area contributed by atoms with Gasteiger partial charge < -0.3 is 5.73 Å². The van der Waals surface area contributed by atoms with E-state index < -0.39 is 0 Å². The molecule has 0 aromatic carbocycles. The lowest BCUT2D eigenvalue weighted by Gasteiger charge is -1.86. The molecule has 0 atom stereocenters. The molecule has 1 aromatic heterocycles. The first kappa shape index (κ1) is 8.72. The summed E-state index contributed by atoms with van der Waals surface area (Å²) in [5, 5.41) is 0.854. The number of anilines is 1. The van der Waals surface area contributed by atoms with E-state index in [-0.39, 0.29) is 12.4 Å². The van der Waals surface area contributed by atoms with Gasteiger partial charge in [0.15, 0.2) is 0 Å². The maximum atomic E-state index is 5.51. The van der Waals surface area contributed by atoms with E-state index >= 15 is 0 Å². The summed E-state index contributed by atoms with van der Waals surface area (Å²) in [6.07, 6.45) is 0.940. The van der Waals surface area contributed by atoms with Crippen LogP contribution in [0, 0.1) is 0 Å². The number of rotatable bonds is 1. The van der Waals surface area contributed by atoms with E-state index in [0.29, 0.717) is 0 Å². The first-order valence-electron chi connectivity index (χ1n) is 2.52. The number of aromatic nitrogens is 1. The quantitative estimate of drug-likeness (QED) is 0.687. The van der Waals surface area contributed by atoms with Crippen molar-refractivity contribution in [1.82, 2.24) is 4.98 Å². The third-order valence-corrected chi connectivity index (χ3v) is 1.71. The second-order valence-corrected chi connectivity index (χ2v) is 2.40. The number of thiazole rings is 1. The standard InChI is InChI=1S/C5H8N2S.ClH/c1-2-4-5(6)8-3-7-4;/h3H,2,6H2,1H3;1H. The van der Waals surface area contributed by atoms with Crippen molar-refractivity contribution in [2.75, 3.05) is 5.73 Å². The lowest BCUT2D eigenvalue weighted by Crippen LogP contribution is -1.86. The Hall–Kier alpha value is -0.280. The molecule has 0 saturated carbocycles. The van der Waals surface area contributed by atoms with Crippen LogP contribution in [0.4, 0.5) is 5.00 Å². The Morgan fingerprint density at radius 2 is 2.44 bits per heavy atom. The van der Waals surface area contributed by atoms with Crippen molar-refractivity contribution in [3.8, 4) is 0 Å². The summed E-state index contributed by atoms with van der Waals surface area (Å²) in [6.45, 7) is 2.05. The van der Waals surface area contributed by atoms with Crippen LogP contribution in [0.15, 0.2) is 5.51 Å². The van der Waals surface area contributed by atoms with Gasteiger partial charge in [0.1, 0.15) is 5.00 Å². The van der Waals surface area contributed by atoms with Crippen molar-refractivity contribution in [2.24, 2.45) is 0 Å². The van der Waals surface area contributed by atoms with Crippen LogP contribution in [0.3, 0.4) is 0 Å². The summed E-state index contributed by atoms with van der Waals surface area (Å²) in [6, 6.07) is 0. The van der Waals surface area contributed by atoms with E-state index in [4.69, 9.17) is 5.73 Å². The van der Waals surface area contributed by atoms with Crippen LogP contribution in [0.25, 0.3) is 0 Å². The van der Waals surface area contributed by atoms with Gasteiger partial charge in [-0.25, -0.2) is 4.98 Å². The van der Waals surface area contributed by atoms with Gasteiger partial charge in [-0.3, -0.25) is 0 Å². The highest BCUT2D eigenvalue weighted by atomic mass is 35.5. The van der Waals surface area contributed by atoms with Gasteiger partial charge in [-0.1, -0.05) is 6.92 Å². The Kier molecular flexibility index (Phi) is 3.58. The average molecular weight is 165 g/mol. The summed E-state index contributed by atoms with van der Waals surface area (Å²) >= 11 is 1.50. The summed E-state index contributed by atoms with van der Waals surface area (Å²) < 4.78 is 0. The molecular formula is C5H9ClN2S. The molecule has 9 heavy (non-hydrogen) atoms. The average Bonchev–Trinajstić information content (AvgIpc) is 2.14. The third kappa shape index (κ3) is 1.84. The molecular weight excluding hydrogens is 156 g/mol. The Bertz CT molecular complexity index is 175. The van der Waals surface area contributed by atoms with Crippen LogP contribution in [0.5, 0.6) is 0 Å². The van der Waals surface area contributed by atoms with E-state index in [9.17, 15) is 0 Å². The van der Waals surface area contributed by atoms with Crippen molar-refractivity contribution in [3.05, 3.63) is 11.2 Å². The minimum absolute atomic E-state index is 0. The van der Waals surface area contributed by atoms with Gasteiger partial charge in [0.25, 0.3) is 0 Å². The number of nitrogens with two attached hydrogens (primary N) is 1. The van der Waals surface area contributed by atoms with Crippen LogP contribution in [-0.4, -0.2) is 4.98 Å². The van der Waals surface area contributed by atoms with Crippen LogP contribution >= 0.6 is 23.7 Å². The van der Waals surface area contributed by atoms with Crippen LogP contribution in [0.2, 0.25) is 0 Å². The van der Waals surface area contributed by atoms with E-state index in [1.54, 1.807) is 5.51 Å². The van der Waals surface area contributed by atoms with E-state index in [2.05, 4.69) is 4.98 Å². The topological polar surface area (TPSA) is 38.9 Å². The lowest BCUT2D eigenvalue weighted by atomic mass is 10.4. The lowest BCUT2D eigenvalue weighted by molar-refractivity contribution is 1.07. The Morgan fingerprint density at radius 3 is 2.67 bits per heavy atom. The highest BCUT2D eigenvalue weighted by molar-refractivity contribution is 7.13. The van der Waals surface area contributed by atoms with Crippen LogP contribution in [0.1, 0.15) is 12.6 Å². The predicted octanol–water partition coefficient (Wildman–Crippen LogP) is 1.71. The van der Waals surface area contributed by atoms with Crippen molar-refractivity contribution in [1.29, 1.82) is 0 Å². The van der Waals surface area contributed by atoms with E-state index in [0.717, 1.165) is 17.1 Å². The van der Waals surface area contributed by atoms with Crippen molar-refractivity contribution >= 4 is 28.7 Å². The van der Waals surface area contributed by atoms with E-state index in [1.165, 1.54) is 11.3 Å². The molecule has 0 radical (unpaired) electrons. The molecule has 0 aliphatic carbocycles. The first-order valence-corrected chi connectivity index (χ1v) is 3.40. The van der Waals surface area contributed by atoms with Crippen LogP contribution in [-0.2, 0) is 6.42 Å². The minimum atomic E-state index is 0. The van der Waals surface area contributed by atoms with Crippen molar-refractivity contribution in [2.45, 2.75) is 13.3 Å². The SMILES string of the molecule is CCc1ncsc1N.Cl. The fraction of sp³-hybridized carbons (Fsp3) is 0.400. The van der Waals surface area contributed by atoms with E-state index in [1.807, 2.05) is 6.92 Å². The van der Waals surface area contributed by atoms with Crippen LogP contribution < -0.4 is 5.73 Å². The summed E-state index contributed by atoms with van der Waals surface area (Å²) in [5.74, 6) is 0. The molecule has 1 heterocycles. The maximum absolute atomic E-state index is 5.51. The number of nitrogen functional groups attached to an aromatic ring is 1. The molecule has 1 aromatic rings. The first-order chi connectivity index (χ1) is 3.84. The second kappa shape index (κ2) is 3.69. The Labute approximate surface area is 64.5 Å². The third-order valence-electron chi connectivity index (χ3n) is 1.01. The van der Waals surface area contributed by atoms with Gasteiger partial charge in [0.2, 0.25) is 0 Å². The number of aryl methyl sites for hydroxylation is 1. The number of nitrogens with zero attached hydrogens (tertiary/aromatic N) is 1.